The minimum absolute atomic E-state index is 0.678. The predicted octanol–water partition coefficient (Wildman–Crippen LogP) is 4.20. The molecule has 0 spiro atoms. The lowest BCUT2D eigenvalue weighted by Gasteiger charge is -2.26. The Bertz CT molecular complexity index is 531. The summed E-state index contributed by atoms with van der Waals surface area (Å²) in [6, 6.07) is 17.4. The monoisotopic (exact) mass is 237 g/mol. The van der Waals surface area contributed by atoms with Gasteiger partial charge in [0, 0.05) is 12.2 Å². The van der Waals surface area contributed by atoms with Crippen LogP contribution in [0, 0.1) is 0 Å². The van der Waals surface area contributed by atoms with E-state index in [4.69, 9.17) is 0 Å². The van der Waals surface area contributed by atoms with E-state index in [-0.39, 0.29) is 0 Å². The molecule has 1 heterocycles. The Balaban J connectivity index is 1.96. The van der Waals surface area contributed by atoms with Gasteiger partial charge in [0.25, 0.3) is 0 Å². The number of hydrogen-bond donors (Lipinski definition) is 1. The number of rotatable bonds is 2. The van der Waals surface area contributed by atoms with Gasteiger partial charge in [-0.1, -0.05) is 55.5 Å². The molecule has 3 rings (SSSR count). The van der Waals surface area contributed by atoms with Gasteiger partial charge >= 0.3 is 0 Å². The van der Waals surface area contributed by atoms with Gasteiger partial charge in [-0.3, -0.25) is 0 Å². The molecule has 1 aliphatic rings. The van der Waals surface area contributed by atoms with Gasteiger partial charge < -0.3 is 5.32 Å². The van der Waals surface area contributed by atoms with E-state index >= 15 is 0 Å². The normalized spacial score (nSPS) is 17.9. The van der Waals surface area contributed by atoms with E-state index in [1.807, 2.05) is 0 Å². The average Bonchev–Trinajstić information content (AvgIpc) is 2.41. The standard InChI is InChI=1S/C17H19N/c1-13-10-11-18-17-15(8-5-9-16(13)17)12-14-6-3-2-4-7-14/h2-9,13,18H,10-12H2,1H3. The van der Waals surface area contributed by atoms with E-state index in [1.54, 1.807) is 0 Å². The SMILES string of the molecule is CC1CCNc2c(Cc3ccccc3)cccc21. The van der Waals surface area contributed by atoms with Crippen LogP contribution in [0.4, 0.5) is 5.69 Å². The third-order valence-electron chi connectivity index (χ3n) is 3.83. The summed E-state index contributed by atoms with van der Waals surface area (Å²) in [5.41, 5.74) is 5.66. The Kier molecular flexibility index (Phi) is 3.06. The highest BCUT2D eigenvalue weighted by Crippen LogP contribution is 2.34. The van der Waals surface area contributed by atoms with Crippen molar-refractivity contribution in [3.8, 4) is 0 Å². The molecule has 0 amide bonds. The van der Waals surface area contributed by atoms with Crippen molar-refractivity contribution in [2.45, 2.75) is 25.7 Å². The molecule has 1 nitrogen and oxygen atoms in total. The van der Waals surface area contributed by atoms with Crippen molar-refractivity contribution in [2.24, 2.45) is 0 Å². The highest BCUT2D eigenvalue weighted by atomic mass is 14.9. The molecule has 0 aromatic heterocycles. The van der Waals surface area contributed by atoms with Crippen LogP contribution >= 0.6 is 0 Å². The molecule has 0 saturated heterocycles. The number of fused-ring (bicyclic) bond motifs is 1. The van der Waals surface area contributed by atoms with Crippen LogP contribution in [0.25, 0.3) is 0 Å². The van der Waals surface area contributed by atoms with Gasteiger partial charge in [-0.2, -0.15) is 0 Å². The van der Waals surface area contributed by atoms with Crippen LogP contribution in [-0.4, -0.2) is 6.54 Å². The van der Waals surface area contributed by atoms with E-state index in [1.165, 1.54) is 28.8 Å². The maximum Gasteiger partial charge on any atom is 0.0411 e. The lowest BCUT2D eigenvalue weighted by Crippen LogP contribution is -2.16. The summed E-state index contributed by atoms with van der Waals surface area (Å²) in [4.78, 5) is 0. The highest BCUT2D eigenvalue weighted by molar-refractivity contribution is 5.61. The van der Waals surface area contributed by atoms with E-state index in [9.17, 15) is 0 Å². The first kappa shape index (κ1) is 11.3. The number of para-hydroxylation sites is 1. The molecule has 1 heteroatoms. The molecule has 0 saturated carbocycles. The summed E-state index contributed by atoms with van der Waals surface area (Å²) in [7, 11) is 0. The Hall–Kier alpha value is -1.76. The van der Waals surface area contributed by atoms with E-state index in [0.717, 1.165) is 13.0 Å². The molecule has 92 valence electrons. The van der Waals surface area contributed by atoms with Crippen LogP contribution in [0.1, 0.15) is 36.0 Å². The third kappa shape index (κ3) is 2.13. The van der Waals surface area contributed by atoms with Crippen molar-refractivity contribution >= 4 is 5.69 Å². The molecule has 1 aliphatic heterocycles. The Labute approximate surface area is 109 Å². The van der Waals surface area contributed by atoms with Crippen LogP contribution < -0.4 is 5.32 Å². The molecule has 0 fully saturated rings. The zero-order valence-electron chi connectivity index (χ0n) is 10.8. The third-order valence-corrected chi connectivity index (χ3v) is 3.83. The zero-order chi connectivity index (χ0) is 12.4. The Morgan fingerprint density at radius 1 is 1.06 bits per heavy atom. The first-order chi connectivity index (χ1) is 8.84. The van der Waals surface area contributed by atoms with Crippen molar-refractivity contribution in [2.75, 3.05) is 11.9 Å². The van der Waals surface area contributed by atoms with Gasteiger partial charge in [0.05, 0.1) is 0 Å². The van der Waals surface area contributed by atoms with Gasteiger partial charge in [-0.05, 0) is 35.4 Å². The van der Waals surface area contributed by atoms with Gasteiger partial charge in [0.15, 0.2) is 0 Å². The van der Waals surface area contributed by atoms with Gasteiger partial charge in [0.2, 0.25) is 0 Å². The summed E-state index contributed by atoms with van der Waals surface area (Å²) in [5, 5.41) is 3.58. The zero-order valence-corrected chi connectivity index (χ0v) is 10.8. The quantitative estimate of drug-likeness (QED) is 0.825. The van der Waals surface area contributed by atoms with Crippen LogP contribution in [0.2, 0.25) is 0 Å². The van der Waals surface area contributed by atoms with Crippen LogP contribution in [-0.2, 0) is 6.42 Å². The van der Waals surface area contributed by atoms with Gasteiger partial charge in [0.1, 0.15) is 0 Å². The van der Waals surface area contributed by atoms with Crippen molar-refractivity contribution in [1.82, 2.24) is 0 Å². The van der Waals surface area contributed by atoms with Crippen LogP contribution in [0.15, 0.2) is 48.5 Å². The second-order valence-corrected chi connectivity index (χ2v) is 5.16. The summed E-state index contributed by atoms with van der Waals surface area (Å²) in [6.07, 6.45) is 2.26. The number of nitrogens with one attached hydrogen (secondary N) is 1. The Morgan fingerprint density at radius 3 is 2.72 bits per heavy atom. The smallest absolute Gasteiger partial charge is 0.0411 e. The maximum absolute atomic E-state index is 3.58. The summed E-state index contributed by atoms with van der Waals surface area (Å²) in [6.45, 7) is 3.42. The summed E-state index contributed by atoms with van der Waals surface area (Å²) >= 11 is 0. The summed E-state index contributed by atoms with van der Waals surface area (Å²) < 4.78 is 0. The van der Waals surface area contributed by atoms with Crippen molar-refractivity contribution in [1.29, 1.82) is 0 Å². The molecule has 0 aliphatic carbocycles. The lowest BCUT2D eigenvalue weighted by molar-refractivity contribution is 0.682. The molecule has 1 N–H and O–H groups in total. The molecule has 0 radical (unpaired) electrons. The van der Waals surface area contributed by atoms with Crippen molar-refractivity contribution in [3.63, 3.8) is 0 Å². The number of anilines is 1. The molecule has 1 unspecified atom stereocenters. The molecule has 0 bridgehead atoms. The molecule has 18 heavy (non-hydrogen) atoms. The highest BCUT2D eigenvalue weighted by Gasteiger charge is 2.18. The molecule has 1 atom stereocenters. The topological polar surface area (TPSA) is 12.0 Å². The fourth-order valence-electron chi connectivity index (χ4n) is 2.78. The van der Waals surface area contributed by atoms with Gasteiger partial charge in [-0.25, -0.2) is 0 Å². The maximum atomic E-state index is 3.58. The van der Waals surface area contributed by atoms with Crippen LogP contribution in [0.3, 0.4) is 0 Å². The van der Waals surface area contributed by atoms with E-state index in [0.29, 0.717) is 5.92 Å². The van der Waals surface area contributed by atoms with Crippen molar-refractivity contribution in [3.05, 3.63) is 65.2 Å². The lowest BCUT2D eigenvalue weighted by atomic mass is 9.89. The molecular formula is C17H19N. The van der Waals surface area contributed by atoms with Crippen molar-refractivity contribution < 1.29 is 0 Å². The first-order valence-corrected chi connectivity index (χ1v) is 6.74. The second kappa shape index (κ2) is 4.85. The van der Waals surface area contributed by atoms with Gasteiger partial charge in [-0.15, -0.1) is 0 Å². The minimum atomic E-state index is 0.678. The number of hydrogen-bond acceptors (Lipinski definition) is 1. The van der Waals surface area contributed by atoms with Crippen LogP contribution in [0.5, 0.6) is 0 Å². The number of benzene rings is 2. The minimum Gasteiger partial charge on any atom is -0.385 e. The molecule has 2 aromatic rings. The molecule has 2 aromatic carbocycles. The Morgan fingerprint density at radius 2 is 1.89 bits per heavy atom. The predicted molar refractivity (Wildman–Crippen MR) is 77.2 cm³/mol. The fraction of sp³-hybridized carbons (Fsp3) is 0.294. The molecular weight excluding hydrogens is 218 g/mol. The van der Waals surface area contributed by atoms with E-state index < -0.39 is 0 Å². The fourth-order valence-corrected chi connectivity index (χ4v) is 2.78. The average molecular weight is 237 g/mol. The second-order valence-electron chi connectivity index (χ2n) is 5.16. The first-order valence-electron chi connectivity index (χ1n) is 6.74. The summed E-state index contributed by atoms with van der Waals surface area (Å²) in [5.74, 6) is 0.678. The van der Waals surface area contributed by atoms with E-state index in [2.05, 4.69) is 60.8 Å². The largest absolute Gasteiger partial charge is 0.385 e.